The van der Waals surface area contributed by atoms with E-state index in [1.54, 1.807) is 18.5 Å². The third-order valence-corrected chi connectivity index (χ3v) is 2.96. The van der Waals surface area contributed by atoms with Crippen LogP contribution in [0.15, 0.2) is 18.5 Å². The second kappa shape index (κ2) is 4.99. The fraction of sp³-hybridized carbons (Fsp3) is 0.545. The molecule has 1 aliphatic heterocycles. The predicted molar refractivity (Wildman–Crippen MR) is 59.2 cm³/mol. The van der Waals surface area contributed by atoms with Crippen LogP contribution < -0.4 is 0 Å². The van der Waals surface area contributed by atoms with Crippen LogP contribution in [0.1, 0.15) is 19.3 Å². The quantitative estimate of drug-likeness (QED) is 0.823. The van der Waals surface area contributed by atoms with Gasteiger partial charge in [-0.15, -0.1) is 0 Å². The van der Waals surface area contributed by atoms with Crippen LogP contribution in [-0.4, -0.2) is 44.3 Å². The Kier molecular flexibility index (Phi) is 3.41. The lowest BCUT2D eigenvalue weighted by molar-refractivity contribution is -0.152. The van der Waals surface area contributed by atoms with Gasteiger partial charge in [0.25, 0.3) is 0 Å². The fourth-order valence-corrected chi connectivity index (χ4v) is 2.11. The third-order valence-electron chi connectivity index (χ3n) is 2.96. The summed E-state index contributed by atoms with van der Waals surface area (Å²) in [5.74, 6) is -1.10. The summed E-state index contributed by atoms with van der Waals surface area (Å²) in [6, 6.07) is 1.06. The third kappa shape index (κ3) is 2.64. The van der Waals surface area contributed by atoms with Crippen molar-refractivity contribution in [2.75, 3.05) is 6.54 Å². The van der Waals surface area contributed by atoms with Gasteiger partial charge < -0.3 is 10.0 Å². The molecule has 0 radical (unpaired) electrons. The van der Waals surface area contributed by atoms with E-state index in [4.69, 9.17) is 5.11 Å². The van der Waals surface area contributed by atoms with E-state index in [1.807, 2.05) is 0 Å². The zero-order valence-electron chi connectivity index (χ0n) is 9.45. The molecule has 1 N–H and O–H groups in total. The number of carboxylic acid groups (broad SMARTS) is 1. The van der Waals surface area contributed by atoms with Crippen LogP contribution in [-0.2, 0) is 16.1 Å². The van der Waals surface area contributed by atoms with Gasteiger partial charge in [0.1, 0.15) is 12.6 Å². The van der Waals surface area contributed by atoms with E-state index < -0.39 is 12.0 Å². The number of rotatable bonds is 3. The van der Waals surface area contributed by atoms with E-state index in [2.05, 4.69) is 5.10 Å². The van der Waals surface area contributed by atoms with Crippen molar-refractivity contribution in [3.8, 4) is 0 Å². The molecule has 1 atom stereocenters. The number of nitrogens with zero attached hydrogens (tertiary/aromatic N) is 3. The van der Waals surface area contributed by atoms with E-state index >= 15 is 0 Å². The molecule has 0 unspecified atom stereocenters. The maximum absolute atomic E-state index is 12.0. The lowest BCUT2D eigenvalue weighted by Crippen LogP contribution is -2.49. The van der Waals surface area contributed by atoms with E-state index in [0.29, 0.717) is 13.0 Å². The molecule has 0 aromatic carbocycles. The number of aromatic nitrogens is 2. The van der Waals surface area contributed by atoms with Crippen LogP contribution in [0.5, 0.6) is 0 Å². The van der Waals surface area contributed by atoms with Crippen LogP contribution in [0, 0.1) is 0 Å². The maximum Gasteiger partial charge on any atom is 0.326 e. The first-order valence-electron chi connectivity index (χ1n) is 5.68. The molecule has 1 saturated heterocycles. The standard InChI is InChI=1S/C11H15N3O3/c15-10(8-13-6-3-5-12-13)14-7-2-1-4-9(14)11(16)17/h3,5-6,9H,1-2,4,7-8H2,(H,16,17)/t9-/m0/s1. The number of hydrogen-bond acceptors (Lipinski definition) is 3. The molecule has 0 aliphatic carbocycles. The molecule has 2 rings (SSSR count). The molecule has 2 heterocycles. The van der Waals surface area contributed by atoms with Crippen molar-refractivity contribution in [3.05, 3.63) is 18.5 Å². The summed E-state index contributed by atoms with van der Waals surface area (Å²) in [5, 5.41) is 13.0. The van der Waals surface area contributed by atoms with Crippen molar-refractivity contribution in [1.82, 2.24) is 14.7 Å². The summed E-state index contributed by atoms with van der Waals surface area (Å²) in [6.45, 7) is 0.633. The molecular weight excluding hydrogens is 222 g/mol. The van der Waals surface area contributed by atoms with Gasteiger partial charge in [-0.2, -0.15) is 5.10 Å². The molecule has 1 amide bonds. The van der Waals surface area contributed by atoms with Crippen LogP contribution in [0.2, 0.25) is 0 Å². The minimum absolute atomic E-state index is 0.108. The molecule has 92 valence electrons. The van der Waals surface area contributed by atoms with E-state index in [1.165, 1.54) is 9.58 Å². The summed E-state index contributed by atoms with van der Waals surface area (Å²) in [5.41, 5.74) is 0. The molecule has 0 bridgehead atoms. The van der Waals surface area contributed by atoms with Crippen molar-refractivity contribution in [3.63, 3.8) is 0 Å². The lowest BCUT2D eigenvalue weighted by atomic mass is 10.0. The normalized spacial score (nSPS) is 20.2. The van der Waals surface area contributed by atoms with Gasteiger partial charge >= 0.3 is 5.97 Å². The summed E-state index contributed by atoms with van der Waals surface area (Å²) >= 11 is 0. The average Bonchev–Trinajstić information content (AvgIpc) is 2.81. The van der Waals surface area contributed by atoms with Crippen molar-refractivity contribution in [2.45, 2.75) is 31.8 Å². The zero-order chi connectivity index (χ0) is 12.3. The number of likely N-dealkylation sites (tertiary alicyclic amines) is 1. The van der Waals surface area contributed by atoms with E-state index in [0.717, 1.165) is 12.8 Å². The Hall–Kier alpha value is -1.85. The number of aliphatic carboxylic acids is 1. The van der Waals surface area contributed by atoms with Gasteiger partial charge in [0.05, 0.1) is 0 Å². The summed E-state index contributed by atoms with van der Waals surface area (Å²) in [4.78, 5) is 24.5. The van der Waals surface area contributed by atoms with Gasteiger partial charge in [-0.1, -0.05) is 0 Å². The summed E-state index contributed by atoms with van der Waals surface area (Å²) in [6.07, 6.45) is 5.56. The van der Waals surface area contributed by atoms with Gasteiger partial charge in [0.2, 0.25) is 5.91 Å². The van der Waals surface area contributed by atoms with Crippen molar-refractivity contribution in [2.24, 2.45) is 0 Å². The number of carboxylic acids is 1. The lowest BCUT2D eigenvalue weighted by Gasteiger charge is -2.32. The monoisotopic (exact) mass is 237 g/mol. The Morgan fingerprint density at radius 2 is 2.24 bits per heavy atom. The van der Waals surface area contributed by atoms with Gasteiger partial charge in [-0.25, -0.2) is 4.79 Å². The maximum atomic E-state index is 12.0. The largest absolute Gasteiger partial charge is 0.480 e. The molecule has 1 aromatic rings. The minimum Gasteiger partial charge on any atom is -0.480 e. The highest BCUT2D eigenvalue weighted by Gasteiger charge is 2.31. The molecule has 0 saturated carbocycles. The molecule has 0 spiro atoms. The zero-order valence-corrected chi connectivity index (χ0v) is 9.45. The van der Waals surface area contributed by atoms with Crippen LogP contribution >= 0.6 is 0 Å². The van der Waals surface area contributed by atoms with Crippen molar-refractivity contribution in [1.29, 1.82) is 0 Å². The van der Waals surface area contributed by atoms with Gasteiger partial charge in [0.15, 0.2) is 0 Å². The van der Waals surface area contributed by atoms with Crippen molar-refractivity contribution >= 4 is 11.9 Å². The highest BCUT2D eigenvalue weighted by Crippen LogP contribution is 2.17. The number of amides is 1. The topological polar surface area (TPSA) is 75.4 Å². The highest BCUT2D eigenvalue weighted by molar-refractivity contribution is 5.83. The Labute approximate surface area is 98.8 Å². The Morgan fingerprint density at radius 1 is 1.41 bits per heavy atom. The highest BCUT2D eigenvalue weighted by atomic mass is 16.4. The number of carbonyl (C=O) groups is 2. The fourth-order valence-electron chi connectivity index (χ4n) is 2.11. The summed E-state index contributed by atoms with van der Waals surface area (Å²) < 4.78 is 1.51. The number of piperidine rings is 1. The molecule has 17 heavy (non-hydrogen) atoms. The number of carbonyl (C=O) groups excluding carboxylic acids is 1. The Morgan fingerprint density at radius 3 is 2.88 bits per heavy atom. The van der Waals surface area contributed by atoms with Gasteiger partial charge in [0, 0.05) is 18.9 Å². The van der Waals surface area contributed by atoms with Crippen LogP contribution in [0.25, 0.3) is 0 Å². The number of hydrogen-bond donors (Lipinski definition) is 1. The van der Waals surface area contributed by atoms with Gasteiger partial charge in [-0.3, -0.25) is 9.48 Å². The van der Waals surface area contributed by atoms with Crippen molar-refractivity contribution < 1.29 is 14.7 Å². The molecule has 1 fully saturated rings. The first-order chi connectivity index (χ1) is 8.18. The second-order valence-corrected chi connectivity index (χ2v) is 4.14. The first kappa shape index (κ1) is 11.6. The van der Waals surface area contributed by atoms with Gasteiger partial charge in [-0.05, 0) is 25.3 Å². The smallest absolute Gasteiger partial charge is 0.326 e. The molecule has 6 heteroatoms. The Balaban J connectivity index is 2.03. The second-order valence-electron chi connectivity index (χ2n) is 4.14. The Bertz CT molecular complexity index is 402. The predicted octanol–water partition coefficient (Wildman–Crippen LogP) is 0.349. The minimum atomic E-state index is -0.918. The van der Waals surface area contributed by atoms with Crippen LogP contribution in [0.4, 0.5) is 0 Å². The molecule has 1 aliphatic rings. The molecule has 6 nitrogen and oxygen atoms in total. The first-order valence-corrected chi connectivity index (χ1v) is 5.68. The average molecular weight is 237 g/mol. The SMILES string of the molecule is O=C(O)[C@@H]1CCCCN1C(=O)Cn1cccn1. The van der Waals surface area contributed by atoms with Crippen LogP contribution in [0.3, 0.4) is 0 Å². The molecule has 1 aromatic heterocycles. The summed E-state index contributed by atoms with van der Waals surface area (Å²) in [7, 11) is 0. The van der Waals surface area contributed by atoms with E-state index in [9.17, 15) is 9.59 Å². The molecular formula is C11H15N3O3. The van der Waals surface area contributed by atoms with E-state index in [-0.39, 0.29) is 12.5 Å².